The second kappa shape index (κ2) is 5.60. The first kappa shape index (κ1) is 13.4. The second-order valence-electron chi connectivity index (χ2n) is 3.42. The standard InChI is InChI=1S/C11H14N2O3S/c1-2-3-8-11(14)13-9-6-4-5-7-10(9)17(12,15)16/h2,4-7H,1,3,8H2,(H,13,14)(H2,12,15,16). The topological polar surface area (TPSA) is 89.3 Å². The number of hydrogen-bond acceptors (Lipinski definition) is 3. The Bertz CT molecular complexity index is 523. The molecule has 0 unspecified atom stereocenters. The largest absolute Gasteiger partial charge is 0.325 e. The molecule has 1 aromatic rings. The van der Waals surface area contributed by atoms with Gasteiger partial charge in [0.25, 0.3) is 0 Å². The normalized spacial score (nSPS) is 10.9. The SMILES string of the molecule is C=CCCC(=O)Nc1ccccc1S(N)(=O)=O. The van der Waals surface area contributed by atoms with Crippen molar-refractivity contribution >= 4 is 21.6 Å². The number of amides is 1. The number of para-hydroxylation sites is 1. The van der Waals surface area contributed by atoms with Gasteiger partial charge in [0.15, 0.2) is 0 Å². The molecule has 1 amide bonds. The van der Waals surface area contributed by atoms with E-state index in [1.54, 1.807) is 18.2 Å². The van der Waals surface area contributed by atoms with E-state index in [0.717, 1.165) is 0 Å². The van der Waals surface area contributed by atoms with Gasteiger partial charge in [-0.25, -0.2) is 13.6 Å². The van der Waals surface area contributed by atoms with Gasteiger partial charge in [-0.3, -0.25) is 4.79 Å². The van der Waals surface area contributed by atoms with Gasteiger partial charge in [-0.05, 0) is 18.6 Å². The van der Waals surface area contributed by atoms with E-state index < -0.39 is 10.0 Å². The molecule has 5 nitrogen and oxygen atoms in total. The van der Waals surface area contributed by atoms with Crippen molar-refractivity contribution in [3.8, 4) is 0 Å². The van der Waals surface area contributed by atoms with E-state index in [1.165, 1.54) is 12.1 Å². The van der Waals surface area contributed by atoms with Crippen LogP contribution in [0, 0.1) is 0 Å². The summed E-state index contributed by atoms with van der Waals surface area (Å²) in [5.74, 6) is -0.277. The van der Waals surface area contributed by atoms with Gasteiger partial charge in [-0.2, -0.15) is 0 Å². The zero-order valence-corrected chi connectivity index (χ0v) is 10.0. The molecule has 6 heteroatoms. The van der Waals surface area contributed by atoms with Gasteiger partial charge >= 0.3 is 0 Å². The molecule has 0 bridgehead atoms. The zero-order chi connectivity index (χ0) is 12.9. The van der Waals surface area contributed by atoms with Gasteiger partial charge in [0.2, 0.25) is 15.9 Å². The van der Waals surface area contributed by atoms with E-state index in [9.17, 15) is 13.2 Å². The Morgan fingerprint density at radius 3 is 2.65 bits per heavy atom. The van der Waals surface area contributed by atoms with E-state index >= 15 is 0 Å². The van der Waals surface area contributed by atoms with Crippen molar-refractivity contribution in [2.24, 2.45) is 5.14 Å². The molecule has 17 heavy (non-hydrogen) atoms. The Morgan fingerprint density at radius 2 is 2.06 bits per heavy atom. The third-order valence-electron chi connectivity index (χ3n) is 2.04. The molecular formula is C11H14N2O3S. The number of carbonyl (C=O) groups excluding carboxylic acids is 1. The Labute approximate surface area is 100 Å². The molecule has 0 aromatic heterocycles. The summed E-state index contributed by atoms with van der Waals surface area (Å²) in [4.78, 5) is 11.4. The zero-order valence-electron chi connectivity index (χ0n) is 9.22. The lowest BCUT2D eigenvalue weighted by atomic mass is 10.2. The highest BCUT2D eigenvalue weighted by atomic mass is 32.2. The lowest BCUT2D eigenvalue weighted by molar-refractivity contribution is -0.116. The minimum absolute atomic E-state index is 0.0908. The number of allylic oxidation sites excluding steroid dienone is 1. The van der Waals surface area contributed by atoms with Gasteiger partial charge < -0.3 is 5.32 Å². The highest BCUT2D eigenvalue weighted by molar-refractivity contribution is 7.89. The maximum atomic E-state index is 11.5. The number of nitrogens with two attached hydrogens (primary N) is 1. The third kappa shape index (κ3) is 4.01. The number of primary sulfonamides is 1. The minimum atomic E-state index is -3.83. The number of rotatable bonds is 5. The summed E-state index contributed by atoms with van der Waals surface area (Å²) >= 11 is 0. The third-order valence-corrected chi connectivity index (χ3v) is 3.01. The van der Waals surface area contributed by atoms with Crippen LogP contribution in [0.3, 0.4) is 0 Å². The molecule has 0 saturated carbocycles. The second-order valence-corrected chi connectivity index (χ2v) is 4.95. The van der Waals surface area contributed by atoms with E-state index in [4.69, 9.17) is 5.14 Å². The molecule has 3 N–H and O–H groups in total. The van der Waals surface area contributed by atoms with E-state index in [1.807, 2.05) is 0 Å². The lowest BCUT2D eigenvalue weighted by Crippen LogP contribution is -2.18. The first-order valence-electron chi connectivity index (χ1n) is 4.97. The number of anilines is 1. The molecule has 1 rings (SSSR count). The average Bonchev–Trinajstić information content (AvgIpc) is 2.25. The molecule has 0 aliphatic heterocycles. The summed E-state index contributed by atoms with van der Waals surface area (Å²) in [6.45, 7) is 3.50. The predicted molar refractivity (Wildman–Crippen MR) is 65.9 cm³/mol. The Morgan fingerprint density at radius 1 is 1.41 bits per heavy atom. The minimum Gasteiger partial charge on any atom is -0.325 e. The summed E-state index contributed by atoms with van der Waals surface area (Å²) in [5, 5.41) is 7.54. The molecule has 0 radical (unpaired) electrons. The molecule has 0 heterocycles. The highest BCUT2D eigenvalue weighted by Crippen LogP contribution is 2.19. The number of benzene rings is 1. The fourth-order valence-electron chi connectivity index (χ4n) is 1.26. The van der Waals surface area contributed by atoms with Crippen LogP contribution in [0.15, 0.2) is 41.8 Å². The van der Waals surface area contributed by atoms with Crippen LogP contribution < -0.4 is 10.5 Å². The molecule has 0 aliphatic rings. The highest BCUT2D eigenvalue weighted by Gasteiger charge is 2.14. The van der Waals surface area contributed by atoms with Crippen molar-refractivity contribution in [3.05, 3.63) is 36.9 Å². The van der Waals surface area contributed by atoms with Crippen LogP contribution in [-0.2, 0) is 14.8 Å². The predicted octanol–water partition coefficient (Wildman–Crippen LogP) is 1.24. The molecular weight excluding hydrogens is 240 g/mol. The number of hydrogen-bond donors (Lipinski definition) is 2. The van der Waals surface area contributed by atoms with Gasteiger partial charge in [0, 0.05) is 6.42 Å². The first-order chi connectivity index (χ1) is 7.95. The van der Waals surface area contributed by atoms with Crippen LogP contribution in [0.5, 0.6) is 0 Å². The lowest BCUT2D eigenvalue weighted by Gasteiger charge is -2.08. The van der Waals surface area contributed by atoms with Crippen molar-refractivity contribution < 1.29 is 13.2 Å². The molecule has 0 fully saturated rings. The average molecular weight is 254 g/mol. The molecule has 0 spiro atoms. The monoisotopic (exact) mass is 254 g/mol. The molecule has 1 aromatic carbocycles. The van der Waals surface area contributed by atoms with Crippen LogP contribution in [0.4, 0.5) is 5.69 Å². The van der Waals surface area contributed by atoms with E-state index in [0.29, 0.717) is 6.42 Å². The van der Waals surface area contributed by atoms with Crippen molar-refractivity contribution in [2.45, 2.75) is 17.7 Å². The van der Waals surface area contributed by atoms with Gasteiger partial charge in [-0.15, -0.1) is 6.58 Å². The fourth-order valence-corrected chi connectivity index (χ4v) is 1.96. The van der Waals surface area contributed by atoms with Crippen LogP contribution in [0.25, 0.3) is 0 Å². The summed E-state index contributed by atoms with van der Waals surface area (Å²) in [6.07, 6.45) is 2.40. The smallest absolute Gasteiger partial charge is 0.240 e. The van der Waals surface area contributed by atoms with Crippen LogP contribution in [0.1, 0.15) is 12.8 Å². The molecule has 0 aliphatic carbocycles. The van der Waals surface area contributed by atoms with Crippen molar-refractivity contribution in [1.29, 1.82) is 0 Å². The summed E-state index contributed by atoms with van der Waals surface area (Å²) in [6, 6.07) is 6.00. The number of carbonyl (C=O) groups is 1. The first-order valence-corrected chi connectivity index (χ1v) is 6.52. The number of nitrogens with one attached hydrogen (secondary N) is 1. The van der Waals surface area contributed by atoms with Crippen LogP contribution in [0.2, 0.25) is 0 Å². The summed E-state index contributed by atoms with van der Waals surface area (Å²) in [7, 11) is -3.83. The fraction of sp³-hybridized carbons (Fsp3) is 0.182. The van der Waals surface area contributed by atoms with Crippen LogP contribution in [-0.4, -0.2) is 14.3 Å². The quantitative estimate of drug-likeness (QED) is 0.775. The van der Waals surface area contributed by atoms with E-state index in [-0.39, 0.29) is 22.9 Å². The van der Waals surface area contributed by atoms with Crippen molar-refractivity contribution in [1.82, 2.24) is 0 Å². The van der Waals surface area contributed by atoms with Gasteiger partial charge in [0.05, 0.1) is 5.69 Å². The van der Waals surface area contributed by atoms with E-state index in [2.05, 4.69) is 11.9 Å². The summed E-state index contributed by atoms with van der Waals surface area (Å²) < 4.78 is 22.5. The summed E-state index contributed by atoms with van der Waals surface area (Å²) in [5.41, 5.74) is 0.198. The Hall–Kier alpha value is -1.66. The Balaban J connectivity index is 2.92. The molecule has 0 saturated heterocycles. The molecule has 0 atom stereocenters. The Kier molecular flexibility index (Phi) is 4.42. The van der Waals surface area contributed by atoms with Crippen molar-refractivity contribution in [2.75, 3.05) is 5.32 Å². The molecule has 92 valence electrons. The van der Waals surface area contributed by atoms with Crippen molar-refractivity contribution in [3.63, 3.8) is 0 Å². The maximum Gasteiger partial charge on any atom is 0.240 e. The van der Waals surface area contributed by atoms with Crippen LogP contribution >= 0.6 is 0 Å². The van der Waals surface area contributed by atoms with Gasteiger partial charge in [0.1, 0.15) is 4.90 Å². The van der Waals surface area contributed by atoms with Gasteiger partial charge in [-0.1, -0.05) is 18.2 Å². The maximum absolute atomic E-state index is 11.5. The number of sulfonamides is 1.